The van der Waals surface area contributed by atoms with Gasteiger partial charge in [0, 0.05) is 19.2 Å². The van der Waals surface area contributed by atoms with E-state index in [2.05, 4.69) is 14.9 Å². The zero-order valence-corrected chi connectivity index (χ0v) is 12.4. The highest BCUT2D eigenvalue weighted by Crippen LogP contribution is 2.38. The van der Waals surface area contributed by atoms with Crippen LogP contribution in [0.1, 0.15) is 12.8 Å². The summed E-state index contributed by atoms with van der Waals surface area (Å²) in [7, 11) is 0. The molecule has 1 N–H and O–H groups in total. The fraction of sp³-hybridized carbons (Fsp3) is 0.571. The molecule has 2 aromatic heterocycles. The molecule has 0 amide bonds. The van der Waals surface area contributed by atoms with E-state index in [9.17, 15) is 5.11 Å². The smallest absolute Gasteiger partial charge is 0.163 e. The molecule has 0 bridgehead atoms. The number of halogens is 1. The molecule has 0 radical (unpaired) electrons. The minimum atomic E-state index is -0.587. The Kier molecular flexibility index (Phi) is 3.06. The van der Waals surface area contributed by atoms with Crippen LogP contribution in [-0.4, -0.2) is 51.5 Å². The Bertz CT molecular complexity index is 677. The maximum absolute atomic E-state index is 10.1. The highest BCUT2D eigenvalue weighted by Gasteiger charge is 2.41. The summed E-state index contributed by atoms with van der Waals surface area (Å²) in [5.41, 5.74) is 1.99. The van der Waals surface area contributed by atoms with Gasteiger partial charge in [0.2, 0.25) is 0 Å². The van der Waals surface area contributed by atoms with Crippen LogP contribution >= 0.6 is 11.6 Å². The van der Waals surface area contributed by atoms with Crippen molar-refractivity contribution < 1.29 is 9.84 Å². The first-order valence-corrected chi connectivity index (χ1v) is 7.59. The van der Waals surface area contributed by atoms with Gasteiger partial charge in [0.25, 0.3) is 0 Å². The van der Waals surface area contributed by atoms with Crippen LogP contribution in [-0.2, 0) is 11.3 Å². The number of rotatable bonds is 3. The third-order valence-electron chi connectivity index (χ3n) is 4.16. The van der Waals surface area contributed by atoms with E-state index in [0.29, 0.717) is 24.9 Å². The van der Waals surface area contributed by atoms with Crippen molar-refractivity contribution in [1.29, 1.82) is 0 Å². The van der Waals surface area contributed by atoms with Crippen LogP contribution in [0.4, 0.5) is 5.69 Å². The second-order valence-electron chi connectivity index (χ2n) is 5.83. The van der Waals surface area contributed by atoms with Crippen LogP contribution in [0.25, 0.3) is 11.2 Å². The van der Waals surface area contributed by atoms with Crippen molar-refractivity contribution in [3.05, 3.63) is 17.5 Å². The topological polar surface area (TPSA) is 63.4 Å². The molecule has 6 nitrogen and oxygen atoms in total. The van der Waals surface area contributed by atoms with E-state index in [1.807, 2.05) is 10.6 Å². The molecule has 4 rings (SSSR count). The van der Waals surface area contributed by atoms with Crippen molar-refractivity contribution in [2.45, 2.75) is 25.0 Å². The maximum atomic E-state index is 10.1. The number of anilines is 1. The number of morpholine rings is 1. The maximum Gasteiger partial charge on any atom is 0.163 e. The van der Waals surface area contributed by atoms with Gasteiger partial charge >= 0.3 is 0 Å². The molecule has 2 fully saturated rings. The van der Waals surface area contributed by atoms with Gasteiger partial charge in [0.05, 0.1) is 37.4 Å². The van der Waals surface area contributed by atoms with Gasteiger partial charge in [-0.15, -0.1) is 0 Å². The molecule has 7 heteroatoms. The molecule has 0 aromatic carbocycles. The van der Waals surface area contributed by atoms with Crippen molar-refractivity contribution in [3.63, 3.8) is 0 Å². The number of nitrogens with zero attached hydrogens (tertiary/aromatic N) is 4. The van der Waals surface area contributed by atoms with Crippen molar-refractivity contribution >= 4 is 28.5 Å². The summed E-state index contributed by atoms with van der Waals surface area (Å²) < 4.78 is 7.29. The van der Waals surface area contributed by atoms with Crippen molar-refractivity contribution in [2.75, 3.05) is 31.2 Å². The highest BCUT2D eigenvalue weighted by molar-refractivity contribution is 6.30. The quantitative estimate of drug-likeness (QED) is 0.870. The normalized spacial score (nSPS) is 21.0. The zero-order valence-electron chi connectivity index (χ0n) is 11.6. The number of aliphatic hydroxyl groups is 1. The molecule has 1 saturated heterocycles. The molecule has 0 unspecified atom stereocenters. The van der Waals surface area contributed by atoms with Crippen molar-refractivity contribution in [2.24, 2.45) is 0 Å². The minimum absolute atomic E-state index is 0.452. The molecule has 2 aliphatic rings. The summed E-state index contributed by atoms with van der Waals surface area (Å²) in [5.74, 6) is 0. The minimum Gasteiger partial charge on any atom is -0.388 e. The first kappa shape index (κ1) is 13.3. The Morgan fingerprint density at radius 1 is 1.33 bits per heavy atom. The van der Waals surface area contributed by atoms with E-state index < -0.39 is 5.60 Å². The molecule has 1 saturated carbocycles. The Morgan fingerprint density at radius 3 is 2.81 bits per heavy atom. The molecule has 1 aliphatic carbocycles. The number of fused-ring (bicyclic) bond motifs is 1. The number of ether oxygens (including phenoxy) is 1. The van der Waals surface area contributed by atoms with Crippen LogP contribution < -0.4 is 4.90 Å². The number of hydrogen-bond acceptors (Lipinski definition) is 5. The predicted molar refractivity (Wildman–Crippen MR) is 79.8 cm³/mol. The molecular formula is C14H17ClN4O2. The van der Waals surface area contributed by atoms with Gasteiger partial charge in [-0.25, -0.2) is 9.97 Å². The summed E-state index contributed by atoms with van der Waals surface area (Å²) in [4.78, 5) is 11.1. The molecule has 112 valence electrons. The first-order chi connectivity index (χ1) is 10.1. The molecule has 0 atom stereocenters. The van der Waals surface area contributed by atoms with Gasteiger partial charge in [-0.1, -0.05) is 11.6 Å². The van der Waals surface area contributed by atoms with E-state index in [1.54, 1.807) is 6.33 Å². The summed E-state index contributed by atoms with van der Waals surface area (Å²) in [5, 5.41) is 10.6. The van der Waals surface area contributed by atoms with E-state index >= 15 is 0 Å². The molecular weight excluding hydrogens is 292 g/mol. The number of pyridine rings is 1. The van der Waals surface area contributed by atoms with Gasteiger partial charge < -0.3 is 19.3 Å². The molecule has 1 aliphatic heterocycles. The molecule has 3 heterocycles. The second-order valence-corrected chi connectivity index (χ2v) is 6.22. The second kappa shape index (κ2) is 4.83. The third-order valence-corrected chi connectivity index (χ3v) is 4.36. The highest BCUT2D eigenvalue weighted by atomic mass is 35.5. The van der Waals surface area contributed by atoms with Gasteiger partial charge in [-0.2, -0.15) is 0 Å². The van der Waals surface area contributed by atoms with Crippen molar-refractivity contribution in [1.82, 2.24) is 14.5 Å². The van der Waals surface area contributed by atoms with E-state index in [0.717, 1.165) is 42.8 Å². The lowest BCUT2D eigenvalue weighted by Crippen LogP contribution is -2.36. The summed E-state index contributed by atoms with van der Waals surface area (Å²) in [6, 6.07) is 1.86. The number of aromatic nitrogens is 3. The fourth-order valence-corrected chi connectivity index (χ4v) is 2.95. The van der Waals surface area contributed by atoms with E-state index in [1.165, 1.54) is 0 Å². The summed E-state index contributed by atoms with van der Waals surface area (Å²) in [6.45, 7) is 3.60. The van der Waals surface area contributed by atoms with E-state index in [-0.39, 0.29) is 0 Å². The van der Waals surface area contributed by atoms with Gasteiger partial charge in [0.1, 0.15) is 10.7 Å². The van der Waals surface area contributed by atoms with Gasteiger partial charge in [-0.3, -0.25) is 0 Å². The molecule has 21 heavy (non-hydrogen) atoms. The predicted octanol–water partition coefficient (Wildman–Crippen LogP) is 1.45. The number of imidazole rings is 1. The SMILES string of the molecule is OC1(Cn2cnc3c(N4CCOCC4)cc(Cl)nc32)CC1. The lowest BCUT2D eigenvalue weighted by atomic mass is 10.3. The van der Waals surface area contributed by atoms with Crippen LogP contribution in [0.15, 0.2) is 12.4 Å². The molecule has 0 spiro atoms. The Balaban J connectivity index is 1.76. The first-order valence-electron chi connectivity index (χ1n) is 7.21. The van der Waals surface area contributed by atoms with Crippen molar-refractivity contribution in [3.8, 4) is 0 Å². The lowest BCUT2D eigenvalue weighted by molar-refractivity contribution is 0.123. The average Bonchev–Trinajstić information content (AvgIpc) is 3.09. The van der Waals surface area contributed by atoms with Gasteiger partial charge in [0.15, 0.2) is 5.65 Å². The average molecular weight is 309 g/mol. The Morgan fingerprint density at radius 2 is 2.10 bits per heavy atom. The Hall–Kier alpha value is -1.37. The third kappa shape index (κ3) is 2.47. The van der Waals surface area contributed by atoms with Crippen LogP contribution in [0, 0.1) is 0 Å². The largest absolute Gasteiger partial charge is 0.388 e. The molecule has 2 aromatic rings. The van der Waals surface area contributed by atoms with Crippen LogP contribution in [0.5, 0.6) is 0 Å². The fourth-order valence-electron chi connectivity index (χ4n) is 2.77. The zero-order chi connectivity index (χ0) is 14.4. The van der Waals surface area contributed by atoms with Crippen LogP contribution in [0.2, 0.25) is 5.15 Å². The summed E-state index contributed by atoms with van der Waals surface area (Å²) in [6.07, 6.45) is 3.42. The van der Waals surface area contributed by atoms with Gasteiger partial charge in [-0.05, 0) is 12.8 Å². The Labute approximate surface area is 127 Å². The number of hydrogen-bond donors (Lipinski definition) is 1. The summed E-state index contributed by atoms with van der Waals surface area (Å²) >= 11 is 6.19. The van der Waals surface area contributed by atoms with Crippen LogP contribution in [0.3, 0.4) is 0 Å². The standard InChI is InChI=1S/C14H17ClN4O2/c15-11-7-10(18-3-5-21-6-4-18)12-13(17-11)19(9-16-12)8-14(20)1-2-14/h7,9,20H,1-6,8H2. The monoisotopic (exact) mass is 308 g/mol. The van der Waals surface area contributed by atoms with E-state index in [4.69, 9.17) is 16.3 Å². The lowest BCUT2D eigenvalue weighted by Gasteiger charge is -2.29.